The second-order valence-corrected chi connectivity index (χ2v) is 2.55. The Kier molecular flexibility index (Phi) is 9.23. The van der Waals surface area contributed by atoms with E-state index in [0.717, 1.165) is 45.2 Å². The van der Waals surface area contributed by atoms with Gasteiger partial charge in [-0.15, -0.1) is 0 Å². The van der Waals surface area contributed by atoms with E-state index in [4.69, 9.17) is 5.73 Å². The summed E-state index contributed by atoms with van der Waals surface area (Å²) >= 11 is 0. The van der Waals surface area contributed by atoms with Gasteiger partial charge < -0.3 is 15.8 Å². The van der Waals surface area contributed by atoms with Gasteiger partial charge in [0.05, 0.1) is 0 Å². The minimum Gasteiger partial charge on any atom is -0.330 e. The van der Waals surface area contributed by atoms with E-state index in [1.54, 1.807) is 0 Å². The first-order valence-electron chi connectivity index (χ1n) is 4.26. The van der Waals surface area contributed by atoms with Gasteiger partial charge in [-0.3, -0.25) is 0 Å². The van der Waals surface area contributed by atoms with Crippen molar-refractivity contribution in [2.45, 2.75) is 25.7 Å². The molecule has 0 rings (SSSR count). The van der Waals surface area contributed by atoms with Crippen molar-refractivity contribution in [2.24, 2.45) is 5.73 Å². The first-order valence-corrected chi connectivity index (χ1v) is 4.26. The predicted molar refractivity (Wildman–Crippen MR) is 46.5 cm³/mol. The third-order valence-electron chi connectivity index (χ3n) is 1.48. The highest BCUT2D eigenvalue weighted by atomic mass is 16.1. The fraction of sp³-hybridized carbons (Fsp3) is 0.875. The van der Waals surface area contributed by atoms with Gasteiger partial charge in [-0.1, -0.05) is 0 Å². The van der Waals surface area contributed by atoms with Crippen molar-refractivity contribution < 1.29 is 4.79 Å². The van der Waals surface area contributed by atoms with Crippen LogP contribution in [0.4, 0.5) is 0 Å². The molecule has 0 spiro atoms. The Morgan fingerprint density at radius 2 is 1.91 bits per heavy atom. The maximum Gasteiger partial charge on any atom is 0.120 e. The zero-order valence-electron chi connectivity index (χ0n) is 7.01. The summed E-state index contributed by atoms with van der Waals surface area (Å²) in [7, 11) is 0. The van der Waals surface area contributed by atoms with Crippen LogP contribution >= 0.6 is 0 Å². The van der Waals surface area contributed by atoms with Crippen molar-refractivity contribution in [1.29, 1.82) is 0 Å². The molecule has 0 amide bonds. The SMILES string of the molecule is NCCCCNCCCC=O. The molecule has 0 aliphatic rings. The Labute approximate surface area is 68.3 Å². The predicted octanol–water partition coefficient (Wildman–Crippen LogP) is 0.294. The van der Waals surface area contributed by atoms with E-state index in [1.807, 2.05) is 0 Å². The van der Waals surface area contributed by atoms with Gasteiger partial charge in [0.25, 0.3) is 0 Å². The second kappa shape index (κ2) is 9.59. The molecule has 0 aliphatic heterocycles. The van der Waals surface area contributed by atoms with Crippen LogP contribution in [0.2, 0.25) is 0 Å². The van der Waals surface area contributed by atoms with Crippen molar-refractivity contribution in [1.82, 2.24) is 5.32 Å². The lowest BCUT2D eigenvalue weighted by atomic mass is 10.3. The number of rotatable bonds is 8. The molecule has 0 aliphatic carbocycles. The van der Waals surface area contributed by atoms with E-state index in [-0.39, 0.29) is 0 Å². The van der Waals surface area contributed by atoms with Crippen molar-refractivity contribution in [2.75, 3.05) is 19.6 Å². The van der Waals surface area contributed by atoms with Gasteiger partial charge in [0.2, 0.25) is 0 Å². The molecule has 0 aromatic rings. The Balaban J connectivity index is 2.74. The quantitative estimate of drug-likeness (QED) is 0.394. The molecule has 66 valence electrons. The Morgan fingerprint density at radius 1 is 1.18 bits per heavy atom. The number of carbonyl (C=O) groups excluding carboxylic acids is 1. The molecule has 0 aromatic heterocycles. The van der Waals surface area contributed by atoms with Crippen LogP contribution in [-0.4, -0.2) is 25.9 Å². The van der Waals surface area contributed by atoms with Gasteiger partial charge in [-0.2, -0.15) is 0 Å². The smallest absolute Gasteiger partial charge is 0.120 e. The molecule has 3 heteroatoms. The molecule has 0 heterocycles. The zero-order valence-corrected chi connectivity index (χ0v) is 7.01. The molecule has 0 saturated heterocycles. The number of hydrogen-bond donors (Lipinski definition) is 2. The lowest BCUT2D eigenvalue weighted by molar-refractivity contribution is -0.107. The van der Waals surface area contributed by atoms with Crippen molar-refractivity contribution in [3.05, 3.63) is 0 Å². The first kappa shape index (κ1) is 10.6. The zero-order chi connectivity index (χ0) is 8.36. The summed E-state index contributed by atoms with van der Waals surface area (Å²) in [5, 5.41) is 3.24. The monoisotopic (exact) mass is 158 g/mol. The maximum atomic E-state index is 9.90. The highest BCUT2D eigenvalue weighted by Crippen LogP contribution is 1.84. The molecule has 11 heavy (non-hydrogen) atoms. The molecule has 0 saturated carbocycles. The number of carbonyl (C=O) groups is 1. The molecule has 0 fully saturated rings. The summed E-state index contributed by atoms with van der Waals surface area (Å²) in [5.41, 5.74) is 5.32. The van der Waals surface area contributed by atoms with Crippen molar-refractivity contribution >= 4 is 6.29 Å². The highest BCUT2D eigenvalue weighted by molar-refractivity contribution is 5.48. The van der Waals surface area contributed by atoms with Gasteiger partial charge in [0.1, 0.15) is 6.29 Å². The molecule has 3 N–H and O–H groups in total. The highest BCUT2D eigenvalue weighted by Gasteiger charge is 1.87. The normalized spacial score (nSPS) is 9.91. The van der Waals surface area contributed by atoms with Crippen LogP contribution in [0, 0.1) is 0 Å². The molecule has 0 bridgehead atoms. The largest absolute Gasteiger partial charge is 0.330 e. The summed E-state index contributed by atoms with van der Waals surface area (Å²) in [5.74, 6) is 0. The van der Waals surface area contributed by atoms with E-state index >= 15 is 0 Å². The Morgan fingerprint density at radius 3 is 2.55 bits per heavy atom. The average molecular weight is 158 g/mol. The summed E-state index contributed by atoms with van der Waals surface area (Å²) in [6.07, 6.45) is 4.80. The lowest BCUT2D eigenvalue weighted by Gasteiger charge is -2.01. The van der Waals surface area contributed by atoms with E-state index < -0.39 is 0 Å². The molecule has 0 unspecified atom stereocenters. The minimum absolute atomic E-state index is 0.671. The van der Waals surface area contributed by atoms with Crippen molar-refractivity contribution in [3.8, 4) is 0 Å². The molecule has 3 nitrogen and oxygen atoms in total. The van der Waals surface area contributed by atoms with Gasteiger partial charge in [0, 0.05) is 6.42 Å². The standard InChI is InChI=1S/C8H18N2O/c9-5-1-2-6-10-7-3-4-8-11/h8,10H,1-7,9H2. The van der Waals surface area contributed by atoms with Gasteiger partial charge in [-0.25, -0.2) is 0 Å². The third kappa shape index (κ3) is 9.59. The fourth-order valence-electron chi connectivity index (χ4n) is 0.830. The molecule has 0 radical (unpaired) electrons. The Hall–Kier alpha value is -0.410. The van der Waals surface area contributed by atoms with Crippen LogP contribution in [0.25, 0.3) is 0 Å². The maximum absolute atomic E-state index is 9.90. The van der Waals surface area contributed by atoms with Crippen molar-refractivity contribution in [3.63, 3.8) is 0 Å². The first-order chi connectivity index (χ1) is 5.41. The van der Waals surface area contributed by atoms with E-state index in [2.05, 4.69) is 5.32 Å². The Bertz CT molecular complexity index is 86.2. The summed E-state index contributed by atoms with van der Waals surface area (Å²) < 4.78 is 0. The van der Waals surface area contributed by atoms with Gasteiger partial charge in [-0.05, 0) is 38.9 Å². The minimum atomic E-state index is 0.671. The number of aldehydes is 1. The van der Waals surface area contributed by atoms with E-state index in [9.17, 15) is 4.79 Å². The summed E-state index contributed by atoms with van der Waals surface area (Å²) in [6.45, 7) is 2.75. The van der Waals surface area contributed by atoms with Crippen LogP contribution < -0.4 is 11.1 Å². The van der Waals surface area contributed by atoms with Crippen LogP contribution in [0.1, 0.15) is 25.7 Å². The number of unbranched alkanes of at least 4 members (excludes halogenated alkanes) is 2. The van der Waals surface area contributed by atoms with Crippen LogP contribution in [0.5, 0.6) is 0 Å². The topological polar surface area (TPSA) is 55.1 Å². The number of hydrogen-bond acceptors (Lipinski definition) is 3. The molecular weight excluding hydrogens is 140 g/mol. The molecule has 0 atom stereocenters. The lowest BCUT2D eigenvalue weighted by Crippen LogP contribution is -2.17. The van der Waals surface area contributed by atoms with Crippen LogP contribution in [0.15, 0.2) is 0 Å². The third-order valence-corrected chi connectivity index (χ3v) is 1.48. The molecule has 0 aromatic carbocycles. The van der Waals surface area contributed by atoms with Crippen LogP contribution in [0.3, 0.4) is 0 Å². The summed E-state index contributed by atoms with van der Waals surface area (Å²) in [4.78, 5) is 9.90. The van der Waals surface area contributed by atoms with Crippen LogP contribution in [-0.2, 0) is 4.79 Å². The van der Waals surface area contributed by atoms with Gasteiger partial charge >= 0.3 is 0 Å². The molecular formula is C8H18N2O. The van der Waals surface area contributed by atoms with E-state index in [1.165, 1.54) is 0 Å². The van der Waals surface area contributed by atoms with Gasteiger partial charge in [0.15, 0.2) is 0 Å². The fourth-order valence-corrected chi connectivity index (χ4v) is 0.830. The van der Waals surface area contributed by atoms with E-state index in [0.29, 0.717) is 6.42 Å². The summed E-state index contributed by atoms with van der Waals surface area (Å²) in [6, 6.07) is 0. The average Bonchev–Trinajstić information content (AvgIpc) is 2.03. The number of nitrogens with one attached hydrogen (secondary N) is 1. The second-order valence-electron chi connectivity index (χ2n) is 2.55. The number of nitrogens with two attached hydrogens (primary N) is 1.